The number of para-hydroxylation sites is 2. The summed E-state index contributed by atoms with van der Waals surface area (Å²) in [6.07, 6.45) is 5.99. The van der Waals surface area contributed by atoms with E-state index < -0.39 is 0 Å². The fourth-order valence-electron chi connectivity index (χ4n) is 3.92. The lowest BCUT2D eigenvalue weighted by atomic mass is 9.86. The average molecular weight is 273 g/mol. The first-order chi connectivity index (χ1) is 9.76. The molecule has 3 rings (SSSR count). The molecule has 3 atom stereocenters. The third-order valence-corrected chi connectivity index (χ3v) is 4.79. The van der Waals surface area contributed by atoms with Crippen LogP contribution < -0.4 is 10.1 Å². The van der Waals surface area contributed by atoms with Crippen LogP contribution >= 0.6 is 0 Å². The summed E-state index contributed by atoms with van der Waals surface area (Å²) in [6, 6.07) is 7.66. The van der Waals surface area contributed by atoms with Crippen molar-refractivity contribution in [3.63, 3.8) is 0 Å². The summed E-state index contributed by atoms with van der Waals surface area (Å²) in [4.78, 5) is 12.2. The van der Waals surface area contributed by atoms with Crippen LogP contribution in [0.2, 0.25) is 0 Å². The monoisotopic (exact) mass is 273 g/mol. The van der Waals surface area contributed by atoms with Crippen LogP contribution in [0.5, 0.6) is 5.75 Å². The first-order valence-electron chi connectivity index (χ1n) is 7.78. The van der Waals surface area contributed by atoms with Crippen LogP contribution in [-0.2, 0) is 4.79 Å². The molecule has 0 unspecified atom stereocenters. The number of carbonyl (C=O) groups is 1. The summed E-state index contributed by atoms with van der Waals surface area (Å²) in [5, 5.41) is 3.02. The molecule has 3 heteroatoms. The molecule has 2 bridgehead atoms. The van der Waals surface area contributed by atoms with Crippen molar-refractivity contribution in [2.75, 3.05) is 11.9 Å². The van der Waals surface area contributed by atoms with E-state index in [0.29, 0.717) is 18.9 Å². The van der Waals surface area contributed by atoms with E-state index in [2.05, 4.69) is 5.32 Å². The van der Waals surface area contributed by atoms with Crippen molar-refractivity contribution in [2.24, 2.45) is 17.8 Å². The van der Waals surface area contributed by atoms with Crippen molar-refractivity contribution in [3.8, 4) is 5.75 Å². The van der Waals surface area contributed by atoms with E-state index in [0.717, 1.165) is 23.3 Å². The Morgan fingerprint density at radius 3 is 2.85 bits per heavy atom. The Morgan fingerprint density at radius 2 is 2.15 bits per heavy atom. The normalized spacial score (nSPS) is 27.6. The summed E-state index contributed by atoms with van der Waals surface area (Å²) in [5.74, 6) is 3.19. The van der Waals surface area contributed by atoms with Gasteiger partial charge in [0.2, 0.25) is 5.91 Å². The minimum atomic E-state index is 0.134. The maximum Gasteiger partial charge on any atom is 0.224 e. The fourth-order valence-corrected chi connectivity index (χ4v) is 3.92. The molecule has 0 saturated heterocycles. The maximum absolute atomic E-state index is 12.2. The summed E-state index contributed by atoms with van der Waals surface area (Å²) < 4.78 is 5.54. The van der Waals surface area contributed by atoms with Gasteiger partial charge in [0.25, 0.3) is 0 Å². The lowest BCUT2D eigenvalue weighted by Gasteiger charge is -2.21. The molecule has 108 valence electrons. The van der Waals surface area contributed by atoms with Crippen LogP contribution in [0.15, 0.2) is 24.3 Å². The van der Waals surface area contributed by atoms with Crippen molar-refractivity contribution in [2.45, 2.75) is 39.0 Å². The summed E-state index contributed by atoms with van der Waals surface area (Å²) in [6.45, 7) is 2.56. The Labute approximate surface area is 120 Å². The van der Waals surface area contributed by atoms with Crippen LogP contribution in [0, 0.1) is 17.8 Å². The van der Waals surface area contributed by atoms with Gasteiger partial charge in [0, 0.05) is 6.42 Å². The van der Waals surface area contributed by atoms with Gasteiger partial charge in [-0.25, -0.2) is 0 Å². The Kier molecular flexibility index (Phi) is 3.95. The molecule has 0 aliphatic heterocycles. The van der Waals surface area contributed by atoms with Gasteiger partial charge in [-0.05, 0) is 56.1 Å². The molecule has 0 radical (unpaired) electrons. The number of benzene rings is 1. The molecule has 2 fully saturated rings. The van der Waals surface area contributed by atoms with E-state index in [1.165, 1.54) is 25.7 Å². The zero-order valence-electron chi connectivity index (χ0n) is 12.1. The van der Waals surface area contributed by atoms with E-state index in [9.17, 15) is 4.79 Å². The van der Waals surface area contributed by atoms with Crippen molar-refractivity contribution in [1.82, 2.24) is 0 Å². The van der Waals surface area contributed by atoms with Gasteiger partial charge in [-0.15, -0.1) is 0 Å². The molecule has 1 N–H and O–H groups in total. The second-order valence-corrected chi connectivity index (χ2v) is 6.12. The highest BCUT2D eigenvalue weighted by Crippen LogP contribution is 2.49. The molecular formula is C17H23NO2. The van der Waals surface area contributed by atoms with Crippen LogP contribution in [0.4, 0.5) is 5.69 Å². The van der Waals surface area contributed by atoms with Gasteiger partial charge < -0.3 is 10.1 Å². The molecule has 2 saturated carbocycles. The van der Waals surface area contributed by atoms with Gasteiger partial charge in [-0.3, -0.25) is 4.79 Å². The molecule has 20 heavy (non-hydrogen) atoms. The predicted molar refractivity (Wildman–Crippen MR) is 79.8 cm³/mol. The number of ether oxygens (including phenoxy) is 1. The van der Waals surface area contributed by atoms with Crippen molar-refractivity contribution in [3.05, 3.63) is 24.3 Å². The minimum Gasteiger partial charge on any atom is -0.492 e. The highest BCUT2D eigenvalue weighted by molar-refractivity contribution is 5.92. The molecule has 2 aliphatic rings. The topological polar surface area (TPSA) is 38.3 Å². The van der Waals surface area contributed by atoms with Crippen molar-refractivity contribution >= 4 is 11.6 Å². The van der Waals surface area contributed by atoms with E-state index >= 15 is 0 Å². The van der Waals surface area contributed by atoms with E-state index in [1.54, 1.807) is 0 Å². The van der Waals surface area contributed by atoms with E-state index in [4.69, 9.17) is 4.74 Å². The van der Waals surface area contributed by atoms with Crippen molar-refractivity contribution < 1.29 is 9.53 Å². The van der Waals surface area contributed by atoms with Gasteiger partial charge >= 0.3 is 0 Å². The van der Waals surface area contributed by atoms with Crippen molar-refractivity contribution in [1.29, 1.82) is 0 Å². The zero-order valence-corrected chi connectivity index (χ0v) is 12.1. The Bertz CT molecular complexity index is 486. The summed E-state index contributed by atoms with van der Waals surface area (Å²) in [5.41, 5.74) is 0.794. The predicted octanol–water partition coefficient (Wildman–Crippen LogP) is 3.85. The second-order valence-electron chi connectivity index (χ2n) is 6.12. The zero-order chi connectivity index (χ0) is 13.9. The summed E-state index contributed by atoms with van der Waals surface area (Å²) in [7, 11) is 0. The minimum absolute atomic E-state index is 0.134. The molecule has 0 spiro atoms. The largest absolute Gasteiger partial charge is 0.492 e. The Morgan fingerprint density at radius 1 is 1.30 bits per heavy atom. The number of rotatable bonds is 5. The molecule has 2 aliphatic carbocycles. The van der Waals surface area contributed by atoms with E-state index in [-0.39, 0.29) is 5.91 Å². The van der Waals surface area contributed by atoms with Crippen LogP contribution in [0.1, 0.15) is 39.0 Å². The first-order valence-corrected chi connectivity index (χ1v) is 7.78. The highest BCUT2D eigenvalue weighted by Gasteiger charge is 2.40. The average Bonchev–Trinajstić information content (AvgIpc) is 3.03. The number of nitrogens with one attached hydrogen (secondary N) is 1. The van der Waals surface area contributed by atoms with Crippen LogP contribution in [0.25, 0.3) is 0 Å². The molecule has 1 aromatic rings. The van der Waals surface area contributed by atoms with Crippen LogP contribution in [0.3, 0.4) is 0 Å². The fraction of sp³-hybridized carbons (Fsp3) is 0.588. The van der Waals surface area contributed by atoms with Gasteiger partial charge in [0.1, 0.15) is 5.75 Å². The lowest BCUT2D eigenvalue weighted by Crippen LogP contribution is -2.20. The number of anilines is 1. The third-order valence-electron chi connectivity index (χ3n) is 4.79. The molecule has 3 nitrogen and oxygen atoms in total. The third kappa shape index (κ3) is 2.82. The molecule has 1 amide bonds. The second kappa shape index (κ2) is 5.86. The molecular weight excluding hydrogens is 250 g/mol. The molecule has 0 aromatic heterocycles. The first kappa shape index (κ1) is 13.5. The SMILES string of the molecule is CCOc1ccccc1NC(=O)C[C@@H]1C[C@@H]2CC[C@@H]1C2. The lowest BCUT2D eigenvalue weighted by molar-refractivity contribution is -0.117. The molecule has 0 heterocycles. The standard InChI is InChI=1S/C17H23NO2/c1-2-20-16-6-4-3-5-15(16)18-17(19)11-14-10-12-7-8-13(14)9-12/h3-6,12-14H,2,7-11H2,1H3,(H,18,19)/t12-,13-,14+/m1/s1. The number of carbonyl (C=O) groups excluding carboxylic acids is 1. The molecule has 1 aromatic carbocycles. The quantitative estimate of drug-likeness (QED) is 0.885. The number of hydrogen-bond donors (Lipinski definition) is 1. The van der Waals surface area contributed by atoms with E-state index in [1.807, 2.05) is 31.2 Å². The van der Waals surface area contributed by atoms with Crippen LogP contribution in [-0.4, -0.2) is 12.5 Å². The van der Waals surface area contributed by atoms with Gasteiger partial charge in [0.05, 0.1) is 12.3 Å². The Balaban J connectivity index is 1.59. The summed E-state index contributed by atoms with van der Waals surface area (Å²) >= 11 is 0. The number of hydrogen-bond acceptors (Lipinski definition) is 2. The number of fused-ring (bicyclic) bond motifs is 2. The van der Waals surface area contributed by atoms with Gasteiger partial charge in [-0.1, -0.05) is 18.6 Å². The highest BCUT2D eigenvalue weighted by atomic mass is 16.5. The van der Waals surface area contributed by atoms with Gasteiger partial charge in [-0.2, -0.15) is 0 Å². The smallest absolute Gasteiger partial charge is 0.224 e. The Hall–Kier alpha value is -1.51. The maximum atomic E-state index is 12.2. The number of amides is 1. The van der Waals surface area contributed by atoms with Gasteiger partial charge in [0.15, 0.2) is 0 Å².